The lowest BCUT2D eigenvalue weighted by molar-refractivity contribution is 0.0572. The van der Waals surface area contributed by atoms with Gasteiger partial charge < -0.3 is 20.4 Å². The third-order valence-electron chi connectivity index (χ3n) is 3.45. The number of hydrogen-bond donors (Lipinski definition) is 3. The molecule has 1 aliphatic rings. The third kappa shape index (κ3) is 3.95. The molecule has 0 spiro atoms. The van der Waals surface area contributed by atoms with Gasteiger partial charge in [-0.3, -0.25) is 0 Å². The van der Waals surface area contributed by atoms with E-state index in [2.05, 4.69) is 48.1 Å². The number of hydrogen-bond acceptors (Lipinski definition) is 4. The number of aliphatic hydroxyl groups excluding tert-OH is 2. The lowest BCUT2D eigenvalue weighted by Crippen LogP contribution is -2.35. The molecule has 1 aromatic rings. The summed E-state index contributed by atoms with van der Waals surface area (Å²) in [5, 5.41) is 22.9. The van der Waals surface area contributed by atoms with Crippen molar-refractivity contribution in [3.63, 3.8) is 0 Å². The standard InChI is InChI=1S/C15H23BrN2O2/c1-15(2,3)17-7-10-6-11(16)4-5-12(10)18-8-13(19)14(20)9-18/h4-6,13-14,17,19-20H,7-9H2,1-3H3. The maximum absolute atomic E-state index is 9.72. The maximum atomic E-state index is 9.72. The van der Waals surface area contributed by atoms with E-state index >= 15 is 0 Å². The molecular weight excluding hydrogens is 320 g/mol. The molecule has 112 valence electrons. The molecule has 1 fully saturated rings. The van der Waals surface area contributed by atoms with E-state index in [0.29, 0.717) is 13.1 Å². The molecule has 1 aliphatic heterocycles. The van der Waals surface area contributed by atoms with Crippen molar-refractivity contribution in [3.8, 4) is 0 Å². The van der Waals surface area contributed by atoms with E-state index in [4.69, 9.17) is 0 Å². The smallest absolute Gasteiger partial charge is 0.0990 e. The van der Waals surface area contributed by atoms with Crippen LogP contribution in [0, 0.1) is 0 Å². The first-order valence-corrected chi connectivity index (χ1v) is 7.70. The van der Waals surface area contributed by atoms with Gasteiger partial charge in [-0.05, 0) is 44.5 Å². The summed E-state index contributed by atoms with van der Waals surface area (Å²) in [4.78, 5) is 2.04. The minimum atomic E-state index is -0.665. The normalized spacial score (nSPS) is 23.4. The zero-order valence-corrected chi connectivity index (χ0v) is 13.8. The summed E-state index contributed by atoms with van der Waals surface area (Å²) in [6, 6.07) is 6.12. The highest BCUT2D eigenvalue weighted by molar-refractivity contribution is 9.10. The van der Waals surface area contributed by atoms with Crippen LogP contribution in [0.25, 0.3) is 0 Å². The minimum Gasteiger partial charge on any atom is -0.389 e. The fourth-order valence-corrected chi connectivity index (χ4v) is 2.74. The van der Waals surface area contributed by atoms with Crippen molar-refractivity contribution in [2.75, 3.05) is 18.0 Å². The number of anilines is 1. The molecule has 4 nitrogen and oxygen atoms in total. The van der Waals surface area contributed by atoms with Gasteiger partial charge in [0.05, 0.1) is 12.2 Å². The molecule has 0 amide bonds. The number of nitrogens with zero attached hydrogens (tertiary/aromatic N) is 1. The molecule has 0 saturated carbocycles. The molecule has 1 heterocycles. The summed E-state index contributed by atoms with van der Waals surface area (Å²) in [7, 11) is 0. The second-order valence-corrected chi connectivity index (χ2v) is 7.33. The Labute approximate surface area is 128 Å². The maximum Gasteiger partial charge on any atom is 0.0990 e. The van der Waals surface area contributed by atoms with Crippen LogP contribution >= 0.6 is 15.9 Å². The summed E-state index contributed by atoms with van der Waals surface area (Å²) in [6.07, 6.45) is -1.33. The van der Waals surface area contributed by atoms with E-state index in [1.54, 1.807) is 0 Å². The molecule has 0 radical (unpaired) electrons. The van der Waals surface area contributed by atoms with Crippen LogP contribution in [0.4, 0.5) is 5.69 Å². The number of nitrogens with one attached hydrogen (secondary N) is 1. The van der Waals surface area contributed by atoms with E-state index in [9.17, 15) is 10.2 Å². The van der Waals surface area contributed by atoms with E-state index in [-0.39, 0.29) is 5.54 Å². The molecule has 0 aromatic heterocycles. The molecule has 5 heteroatoms. The molecule has 20 heavy (non-hydrogen) atoms. The molecule has 2 rings (SSSR count). The van der Waals surface area contributed by atoms with Gasteiger partial charge in [0.2, 0.25) is 0 Å². The third-order valence-corrected chi connectivity index (χ3v) is 3.94. The number of aliphatic hydroxyl groups is 2. The van der Waals surface area contributed by atoms with Gasteiger partial charge in [0.15, 0.2) is 0 Å². The monoisotopic (exact) mass is 342 g/mol. The highest BCUT2D eigenvalue weighted by Crippen LogP contribution is 2.28. The Balaban J connectivity index is 2.20. The first-order valence-electron chi connectivity index (χ1n) is 6.91. The summed E-state index contributed by atoms with van der Waals surface area (Å²) >= 11 is 3.50. The molecule has 2 unspecified atom stereocenters. The van der Waals surface area contributed by atoms with Gasteiger partial charge in [-0.15, -0.1) is 0 Å². The topological polar surface area (TPSA) is 55.7 Å². The molecule has 1 aromatic carbocycles. The van der Waals surface area contributed by atoms with Crippen molar-refractivity contribution in [1.82, 2.24) is 5.32 Å². The molecule has 3 N–H and O–H groups in total. The molecule has 2 atom stereocenters. The van der Waals surface area contributed by atoms with Crippen LogP contribution in [-0.2, 0) is 6.54 Å². The van der Waals surface area contributed by atoms with Crippen molar-refractivity contribution < 1.29 is 10.2 Å². The summed E-state index contributed by atoms with van der Waals surface area (Å²) in [5.41, 5.74) is 2.28. The largest absolute Gasteiger partial charge is 0.389 e. The molecule has 0 bridgehead atoms. The Kier molecular flexibility index (Phi) is 4.74. The lowest BCUT2D eigenvalue weighted by atomic mass is 10.1. The van der Waals surface area contributed by atoms with Crippen molar-refractivity contribution in [3.05, 3.63) is 28.2 Å². The Morgan fingerprint density at radius 2 is 1.85 bits per heavy atom. The highest BCUT2D eigenvalue weighted by atomic mass is 79.9. The van der Waals surface area contributed by atoms with E-state index in [0.717, 1.165) is 22.3 Å². The molecule has 1 saturated heterocycles. The first kappa shape index (κ1) is 15.8. The van der Waals surface area contributed by atoms with E-state index in [1.807, 2.05) is 17.0 Å². The van der Waals surface area contributed by atoms with Gasteiger partial charge in [0.25, 0.3) is 0 Å². The molecular formula is C15H23BrN2O2. The van der Waals surface area contributed by atoms with Crippen LogP contribution in [0.5, 0.6) is 0 Å². The number of benzene rings is 1. The van der Waals surface area contributed by atoms with Gasteiger partial charge in [-0.1, -0.05) is 15.9 Å². The highest BCUT2D eigenvalue weighted by Gasteiger charge is 2.30. The average Bonchev–Trinajstić information content (AvgIpc) is 2.66. The Hall–Kier alpha value is -0.620. The van der Waals surface area contributed by atoms with Crippen LogP contribution in [0.3, 0.4) is 0 Å². The Bertz CT molecular complexity index is 463. The van der Waals surface area contributed by atoms with Crippen molar-refractivity contribution >= 4 is 21.6 Å². The predicted octanol–water partition coefficient (Wildman–Crippen LogP) is 1.88. The predicted molar refractivity (Wildman–Crippen MR) is 85.0 cm³/mol. The van der Waals surface area contributed by atoms with Gasteiger partial charge >= 0.3 is 0 Å². The van der Waals surface area contributed by atoms with Gasteiger partial charge in [-0.2, -0.15) is 0 Å². The van der Waals surface area contributed by atoms with Crippen molar-refractivity contribution in [2.24, 2.45) is 0 Å². The lowest BCUT2D eigenvalue weighted by Gasteiger charge is -2.25. The van der Waals surface area contributed by atoms with Crippen LogP contribution in [0.15, 0.2) is 22.7 Å². The fourth-order valence-electron chi connectivity index (χ4n) is 2.33. The van der Waals surface area contributed by atoms with Gasteiger partial charge in [0, 0.05) is 35.3 Å². The molecule has 0 aliphatic carbocycles. The summed E-state index contributed by atoms with van der Waals surface area (Å²) in [5.74, 6) is 0. The quantitative estimate of drug-likeness (QED) is 0.785. The zero-order valence-electron chi connectivity index (χ0n) is 12.2. The van der Waals surface area contributed by atoms with Crippen molar-refractivity contribution in [1.29, 1.82) is 0 Å². The zero-order chi connectivity index (χ0) is 14.9. The Morgan fingerprint density at radius 1 is 1.25 bits per heavy atom. The van der Waals surface area contributed by atoms with Crippen LogP contribution in [0.1, 0.15) is 26.3 Å². The van der Waals surface area contributed by atoms with E-state index in [1.165, 1.54) is 0 Å². The van der Waals surface area contributed by atoms with Crippen LogP contribution in [-0.4, -0.2) is 41.0 Å². The van der Waals surface area contributed by atoms with Gasteiger partial charge in [-0.25, -0.2) is 0 Å². The number of β-amino-alcohol motifs (C(OH)–C–C–N with tert-alkyl or cyclic N) is 2. The fraction of sp³-hybridized carbons (Fsp3) is 0.600. The minimum absolute atomic E-state index is 0.0453. The van der Waals surface area contributed by atoms with Crippen molar-refractivity contribution in [2.45, 2.75) is 45.1 Å². The number of halogens is 1. The van der Waals surface area contributed by atoms with Crippen LogP contribution < -0.4 is 10.2 Å². The summed E-state index contributed by atoms with van der Waals surface area (Å²) < 4.78 is 1.03. The second kappa shape index (κ2) is 6.02. The second-order valence-electron chi connectivity index (χ2n) is 6.42. The summed E-state index contributed by atoms with van der Waals surface area (Å²) in [6.45, 7) is 8.10. The van der Waals surface area contributed by atoms with Crippen LogP contribution in [0.2, 0.25) is 0 Å². The average molecular weight is 343 g/mol. The number of rotatable bonds is 3. The van der Waals surface area contributed by atoms with Gasteiger partial charge in [0.1, 0.15) is 0 Å². The van der Waals surface area contributed by atoms with E-state index < -0.39 is 12.2 Å². The Morgan fingerprint density at radius 3 is 2.40 bits per heavy atom. The SMILES string of the molecule is CC(C)(C)NCc1cc(Br)ccc1N1CC(O)C(O)C1. The first-order chi connectivity index (χ1) is 9.26.